The van der Waals surface area contributed by atoms with E-state index in [9.17, 15) is 9.90 Å². The molecule has 0 aliphatic carbocycles. The number of piperidine rings is 1. The minimum Gasteiger partial charge on any atom is -0.391 e. The predicted molar refractivity (Wildman–Crippen MR) is 68.8 cm³/mol. The lowest BCUT2D eigenvalue weighted by Crippen LogP contribution is -2.49. The maximum Gasteiger partial charge on any atom is 0.226 e. The average Bonchev–Trinajstić information content (AvgIpc) is 2.36. The summed E-state index contributed by atoms with van der Waals surface area (Å²) in [6.45, 7) is 6.27. The zero-order valence-corrected chi connectivity index (χ0v) is 11.1. The molecule has 100 valence electrons. The molecule has 1 saturated heterocycles. The first-order valence-electron chi connectivity index (χ1n) is 6.81. The quantitative estimate of drug-likeness (QED) is 0.652. The van der Waals surface area contributed by atoms with E-state index in [1.54, 1.807) is 0 Å². The third-order valence-corrected chi connectivity index (χ3v) is 3.74. The summed E-state index contributed by atoms with van der Waals surface area (Å²) in [6, 6.07) is 0. The Morgan fingerprint density at radius 3 is 2.59 bits per heavy atom. The van der Waals surface area contributed by atoms with Crippen molar-refractivity contribution in [3.8, 4) is 0 Å². The molecule has 0 spiro atoms. The maximum absolute atomic E-state index is 12.3. The first-order valence-corrected chi connectivity index (χ1v) is 6.81. The van der Waals surface area contributed by atoms with Crippen molar-refractivity contribution in [2.75, 3.05) is 19.6 Å². The third-order valence-electron chi connectivity index (χ3n) is 3.74. The van der Waals surface area contributed by atoms with E-state index in [0.717, 1.165) is 38.8 Å². The third kappa shape index (κ3) is 3.96. The van der Waals surface area contributed by atoms with Gasteiger partial charge >= 0.3 is 0 Å². The van der Waals surface area contributed by atoms with Crippen molar-refractivity contribution in [2.45, 2.75) is 52.1 Å². The highest BCUT2D eigenvalue weighted by Gasteiger charge is 2.38. The van der Waals surface area contributed by atoms with Gasteiger partial charge in [0.05, 0.1) is 11.5 Å². The van der Waals surface area contributed by atoms with E-state index < -0.39 is 6.10 Å². The van der Waals surface area contributed by atoms with Crippen LogP contribution in [0.3, 0.4) is 0 Å². The van der Waals surface area contributed by atoms with Gasteiger partial charge in [0.2, 0.25) is 5.91 Å². The zero-order chi connectivity index (χ0) is 12.7. The fourth-order valence-electron chi connectivity index (χ4n) is 2.52. The summed E-state index contributed by atoms with van der Waals surface area (Å²) in [5.41, 5.74) is -0.201. The summed E-state index contributed by atoms with van der Waals surface area (Å²) >= 11 is 0. The Hall–Kier alpha value is -0.610. The van der Waals surface area contributed by atoms with Gasteiger partial charge in [-0.05, 0) is 38.8 Å². The number of aliphatic hydroxyl groups is 1. The van der Waals surface area contributed by atoms with Gasteiger partial charge in [-0.2, -0.15) is 0 Å². The monoisotopic (exact) mass is 242 g/mol. The smallest absolute Gasteiger partial charge is 0.226 e. The van der Waals surface area contributed by atoms with Crippen LogP contribution in [0, 0.1) is 5.41 Å². The fraction of sp³-hybridized carbons (Fsp3) is 0.923. The number of aliphatic hydroxyl groups excluding tert-OH is 1. The Morgan fingerprint density at radius 2 is 2.06 bits per heavy atom. The van der Waals surface area contributed by atoms with Gasteiger partial charge < -0.3 is 15.7 Å². The number of hydrogen-bond donors (Lipinski definition) is 3. The molecule has 3 N–H and O–H groups in total. The van der Waals surface area contributed by atoms with Gasteiger partial charge in [0.25, 0.3) is 0 Å². The second-order valence-electron chi connectivity index (χ2n) is 5.05. The van der Waals surface area contributed by atoms with Crippen LogP contribution in [-0.2, 0) is 4.79 Å². The van der Waals surface area contributed by atoms with Gasteiger partial charge in [-0.3, -0.25) is 4.79 Å². The van der Waals surface area contributed by atoms with Crippen LogP contribution in [0.15, 0.2) is 0 Å². The number of amides is 1. The molecular formula is C13H26N2O2. The summed E-state index contributed by atoms with van der Waals surface area (Å²) in [5, 5.41) is 15.7. The molecule has 17 heavy (non-hydrogen) atoms. The highest BCUT2D eigenvalue weighted by molar-refractivity contribution is 5.82. The largest absolute Gasteiger partial charge is 0.391 e. The molecule has 0 aromatic heterocycles. The number of nitrogens with one attached hydrogen (secondary N) is 2. The Balaban J connectivity index is 2.53. The van der Waals surface area contributed by atoms with Gasteiger partial charge in [-0.1, -0.05) is 20.3 Å². The van der Waals surface area contributed by atoms with Crippen LogP contribution in [0.5, 0.6) is 0 Å². The molecule has 4 heteroatoms. The Morgan fingerprint density at radius 1 is 1.41 bits per heavy atom. The van der Waals surface area contributed by atoms with Crippen molar-refractivity contribution in [1.29, 1.82) is 0 Å². The summed E-state index contributed by atoms with van der Waals surface area (Å²) in [4.78, 5) is 12.3. The standard InChI is InChI=1S/C13H26N2O2/c1-3-5-13(6-8-14-9-7-13)12(17)15-10-11(16)4-2/h11,14,16H,3-10H2,1-2H3,(H,15,17). The Bertz CT molecular complexity index is 232. The second kappa shape index (κ2) is 6.97. The number of carbonyl (C=O) groups is 1. The van der Waals surface area contributed by atoms with E-state index in [2.05, 4.69) is 17.6 Å². The molecule has 1 aliphatic rings. The molecule has 1 heterocycles. The van der Waals surface area contributed by atoms with E-state index in [1.165, 1.54) is 0 Å². The van der Waals surface area contributed by atoms with Gasteiger partial charge in [0.1, 0.15) is 0 Å². The average molecular weight is 242 g/mol. The van der Waals surface area contributed by atoms with Crippen LogP contribution in [0.4, 0.5) is 0 Å². The predicted octanol–water partition coefficient (Wildman–Crippen LogP) is 1.04. The van der Waals surface area contributed by atoms with E-state index in [1.807, 2.05) is 6.92 Å². The summed E-state index contributed by atoms with van der Waals surface area (Å²) < 4.78 is 0. The molecule has 1 atom stereocenters. The van der Waals surface area contributed by atoms with Crippen LogP contribution in [-0.4, -0.2) is 36.8 Å². The van der Waals surface area contributed by atoms with E-state index in [4.69, 9.17) is 0 Å². The second-order valence-corrected chi connectivity index (χ2v) is 5.05. The minimum atomic E-state index is -0.417. The Kier molecular flexibility index (Phi) is 5.92. The van der Waals surface area contributed by atoms with Crippen LogP contribution in [0.25, 0.3) is 0 Å². The van der Waals surface area contributed by atoms with E-state index in [-0.39, 0.29) is 11.3 Å². The van der Waals surface area contributed by atoms with Crippen molar-refractivity contribution >= 4 is 5.91 Å². The molecule has 0 bridgehead atoms. The number of rotatable bonds is 6. The summed E-state index contributed by atoms with van der Waals surface area (Å²) in [6.07, 6.45) is 4.07. The summed E-state index contributed by atoms with van der Waals surface area (Å²) in [5.74, 6) is 0.133. The van der Waals surface area contributed by atoms with Crippen molar-refractivity contribution in [2.24, 2.45) is 5.41 Å². The first kappa shape index (κ1) is 14.5. The Labute approximate surface area is 104 Å². The van der Waals surface area contributed by atoms with Gasteiger partial charge in [0, 0.05) is 6.54 Å². The minimum absolute atomic E-state index is 0.133. The van der Waals surface area contributed by atoms with E-state index >= 15 is 0 Å². The van der Waals surface area contributed by atoms with Gasteiger partial charge in [0.15, 0.2) is 0 Å². The molecule has 1 unspecified atom stereocenters. The molecule has 4 nitrogen and oxygen atoms in total. The molecule has 1 aliphatic heterocycles. The lowest BCUT2D eigenvalue weighted by Gasteiger charge is -2.36. The molecule has 0 aromatic rings. The molecule has 1 amide bonds. The number of hydrogen-bond acceptors (Lipinski definition) is 3. The topological polar surface area (TPSA) is 61.4 Å². The fourth-order valence-corrected chi connectivity index (χ4v) is 2.52. The van der Waals surface area contributed by atoms with E-state index in [0.29, 0.717) is 13.0 Å². The van der Waals surface area contributed by atoms with Crippen LogP contribution in [0.1, 0.15) is 46.0 Å². The number of carbonyl (C=O) groups excluding carboxylic acids is 1. The summed E-state index contributed by atoms with van der Waals surface area (Å²) in [7, 11) is 0. The van der Waals surface area contributed by atoms with Crippen molar-refractivity contribution in [3.63, 3.8) is 0 Å². The molecule has 0 radical (unpaired) electrons. The maximum atomic E-state index is 12.3. The molecule has 0 aromatic carbocycles. The highest BCUT2D eigenvalue weighted by atomic mass is 16.3. The van der Waals surface area contributed by atoms with Crippen molar-refractivity contribution in [1.82, 2.24) is 10.6 Å². The van der Waals surface area contributed by atoms with Crippen molar-refractivity contribution in [3.05, 3.63) is 0 Å². The van der Waals surface area contributed by atoms with Gasteiger partial charge in [-0.25, -0.2) is 0 Å². The molecule has 0 saturated carbocycles. The van der Waals surface area contributed by atoms with Crippen LogP contribution < -0.4 is 10.6 Å². The van der Waals surface area contributed by atoms with Crippen molar-refractivity contribution < 1.29 is 9.90 Å². The SMILES string of the molecule is CCCC1(C(=O)NCC(O)CC)CCNCC1. The van der Waals surface area contributed by atoms with Gasteiger partial charge in [-0.15, -0.1) is 0 Å². The zero-order valence-electron chi connectivity index (χ0n) is 11.1. The highest BCUT2D eigenvalue weighted by Crippen LogP contribution is 2.34. The lowest BCUT2D eigenvalue weighted by atomic mass is 9.74. The lowest BCUT2D eigenvalue weighted by molar-refractivity contribution is -0.133. The first-order chi connectivity index (χ1) is 8.14. The molecular weight excluding hydrogens is 216 g/mol. The van der Waals surface area contributed by atoms with Crippen LogP contribution >= 0.6 is 0 Å². The normalized spacial score (nSPS) is 20.9. The molecule has 1 rings (SSSR count). The van der Waals surface area contributed by atoms with Crippen LogP contribution in [0.2, 0.25) is 0 Å². The molecule has 1 fully saturated rings.